The summed E-state index contributed by atoms with van der Waals surface area (Å²) in [4.78, 5) is 14.7. The summed E-state index contributed by atoms with van der Waals surface area (Å²) >= 11 is 0. The van der Waals surface area contributed by atoms with Gasteiger partial charge in [-0.15, -0.1) is 0 Å². The topological polar surface area (TPSA) is 74.5 Å². The summed E-state index contributed by atoms with van der Waals surface area (Å²) in [6.07, 6.45) is -9.93. The van der Waals surface area contributed by atoms with Gasteiger partial charge in [-0.2, -0.15) is 26.3 Å². The number of fused-ring (bicyclic) bond motifs is 1. The lowest BCUT2D eigenvalue weighted by molar-refractivity contribution is -0.142. The second-order valence-corrected chi connectivity index (χ2v) is 5.89. The Morgan fingerprint density at radius 1 is 1.10 bits per heavy atom. The Hall–Kier alpha value is -3.31. The van der Waals surface area contributed by atoms with Crippen LogP contribution in [0.25, 0.3) is 10.9 Å². The first-order valence-electron chi connectivity index (χ1n) is 8.34. The van der Waals surface area contributed by atoms with Crippen molar-refractivity contribution in [1.29, 1.82) is 0 Å². The third-order valence-electron chi connectivity index (χ3n) is 3.81. The molecule has 0 atom stereocenters. The minimum absolute atomic E-state index is 0.0523. The van der Waals surface area contributed by atoms with Crippen LogP contribution >= 0.6 is 0 Å². The molecule has 0 saturated carbocycles. The molecule has 0 spiro atoms. The zero-order valence-electron chi connectivity index (χ0n) is 15.1. The SMILES string of the molecule is CCOC(=O)c1cc(COc2cc(C(F)(F)F)nc3c(C(F)(F)F)cccc23)on1. The number of carbonyl (C=O) groups excluding carboxylic acids is 1. The summed E-state index contributed by atoms with van der Waals surface area (Å²) < 4.78 is 94.1. The first kappa shape index (κ1) is 21.4. The summed E-state index contributed by atoms with van der Waals surface area (Å²) in [6.45, 7) is 1.16. The maximum absolute atomic E-state index is 13.2. The number of alkyl halides is 6. The number of ether oxygens (including phenoxy) is 2. The number of aromatic nitrogens is 2. The largest absolute Gasteiger partial charge is 0.485 e. The number of hydrogen-bond donors (Lipinski definition) is 0. The monoisotopic (exact) mass is 434 g/mol. The molecule has 2 heterocycles. The fourth-order valence-electron chi connectivity index (χ4n) is 2.54. The molecule has 0 unspecified atom stereocenters. The van der Waals surface area contributed by atoms with E-state index in [0.717, 1.165) is 18.2 Å². The summed E-state index contributed by atoms with van der Waals surface area (Å²) in [5, 5.41) is 3.17. The van der Waals surface area contributed by atoms with Crippen molar-refractivity contribution in [2.45, 2.75) is 25.9 Å². The number of pyridine rings is 1. The molecule has 160 valence electrons. The third kappa shape index (κ3) is 4.47. The van der Waals surface area contributed by atoms with Crippen LogP contribution in [0, 0.1) is 0 Å². The molecule has 0 aliphatic rings. The van der Waals surface area contributed by atoms with Gasteiger partial charge in [0.25, 0.3) is 0 Å². The molecule has 0 aliphatic carbocycles. The molecule has 0 radical (unpaired) electrons. The van der Waals surface area contributed by atoms with Crippen molar-refractivity contribution in [3.05, 3.63) is 53.0 Å². The number of benzene rings is 1. The summed E-state index contributed by atoms with van der Waals surface area (Å²) in [6, 6.07) is 4.44. The highest BCUT2D eigenvalue weighted by atomic mass is 19.4. The van der Waals surface area contributed by atoms with Crippen LogP contribution in [0.1, 0.15) is 34.4 Å². The molecule has 0 N–H and O–H groups in total. The second-order valence-electron chi connectivity index (χ2n) is 5.89. The molecule has 30 heavy (non-hydrogen) atoms. The zero-order valence-corrected chi connectivity index (χ0v) is 15.1. The van der Waals surface area contributed by atoms with Crippen molar-refractivity contribution >= 4 is 16.9 Å². The van der Waals surface area contributed by atoms with Gasteiger partial charge in [0.15, 0.2) is 11.5 Å². The Labute approximate surface area is 164 Å². The van der Waals surface area contributed by atoms with Gasteiger partial charge in [-0.25, -0.2) is 9.78 Å². The van der Waals surface area contributed by atoms with Gasteiger partial charge in [-0.3, -0.25) is 0 Å². The van der Waals surface area contributed by atoms with Crippen LogP contribution in [0.2, 0.25) is 0 Å². The molecule has 0 fully saturated rings. The molecule has 12 heteroatoms. The van der Waals surface area contributed by atoms with E-state index >= 15 is 0 Å². The number of carbonyl (C=O) groups is 1. The normalized spacial score (nSPS) is 12.2. The van der Waals surface area contributed by atoms with E-state index in [1.807, 2.05) is 0 Å². The number of esters is 1. The lowest BCUT2D eigenvalue weighted by atomic mass is 10.1. The first-order chi connectivity index (χ1) is 14.0. The predicted octanol–water partition coefficient (Wildman–Crippen LogP) is 5.02. The molecule has 1 aromatic carbocycles. The number of halogens is 6. The van der Waals surface area contributed by atoms with Crippen LogP contribution in [-0.2, 0) is 23.7 Å². The van der Waals surface area contributed by atoms with E-state index in [0.29, 0.717) is 12.1 Å². The standard InChI is InChI=1S/C18H12F6N2O4/c1-2-28-16(27)12-6-9(30-26-12)8-29-13-7-14(18(22,23)24)25-15-10(13)4-3-5-11(15)17(19,20)21/h3-7H,2,8H2,1H3. The Kier molecular flexibility index (Phi) is 5.59. The average molecular weight is 434 g/mol. The highest BCUT2D eigenvalue weighted by Crippen LogP contribution is 2.40. The molecule has 0 aliphatic heterocycles. The van der Waals surface area contributed by atoms with Gasteiger partial charge in [0.2, 0.25) is 0 Å². The van der Waals surface area contributed by atoms with Crippen LogP contribution < -0.4 is 4.74 Å². The van der Waals surface area contributed by atoms with E-state index in [9.17, 15) is 31.1 Å². The van der Waals surface area contributed by atoms with Gasteiger partial charge >= 0.3 is 18.3 Å². The Morgan fingerprint density at radius 3 is 2.47 bits per heavy atom. The maximum atomic E-state index is 13.2. The lowest BCUT2D eigenvalue weighted by Gasteiger charge is -2.15. The number of rotatable bonds is 5. The van der Waals surface area contributed by atoms with Crippen molar-refractivity contribution in [2.24, 2.45) is 0 Å². The second kappa shape index (κ2) is 7.84. The summed E-state index contributed by atoms with van der Waals surface area (Å²) in [5.41, 5.74) is -3.98. The van der Waals surface area contributed by atoms with Crippen molar-refractivity contribution in [3.63, 3.8) is 0 Å². The van der Waals surface area contributed by atoms with E-state index in [4.69, 9.17) is 14.0 Å². The van der Waals surface area contributed by atoms with Gasteiger partial charge in [0.1, 0.15) is 18.1 Å². The molecule has 0 saturated heterocycles. The summed E-state index contributed by atoms with van der Waals surface area (Å²) in [7, 11) is 0. The van der Waals surface area contributed by atoms with E-state index in [1.54, 1.807) is 6.92 Å². The van der Waals surface area contributed by atoms with Crippen molar-refractivity contribution < 1.29 is 45.1 Å². The predicted molar refractivity (Wildman–Crippen MR) is 88.5 cm³/mol. The van der Waals surface area contributed by atoms with Crippen molar-refractivity contribution in [3.8, 4) is 5.75 Å². The fraction of sp³-hybridized carbons (Fsp3) is 0.278. The Bertz CT molecular complexity index is 1070. The molecule has 3 aromatic rings. The highest BCUT2D eigenvalue weighted by Gasteiger charge is 2.37. The molecule has 0 bridgehead atoms. The molecular weight excluding hydrogens is 422 g/mol. The van der Waals surface area contributed by atoms with Gasteiger partial charge in [0.05, 0.1) is 17.7 Å². The Balaban J connectivity index is 2.00. The van der Waals surface area contributed by atoms with Crippen molar-refractivity contribution in [1.82, 2.24) is 10.1 Å². The van der Waals surface area contributed by atoms with Crippen LogP contribution in [0.4, 0.5) is 26.3 Å². The van der Waals surface area contributed by atoms with Crippen LogP contribution in [0.3, 0.4) is 0 Å². The minimum Gasteiger partial charge on any atom is -0.485 e. The highest BCUT2D eigenvalue weighted by molar-refractivity contribution is 5.88. The minimum atomic E-state index is -5.01. The van der Waals surface area contributed by atoms with Gasteiger partial charge in [-0.05, 0) is 19.1 Å². The third-order valence-corrected chi connectivity index (χ3v) is 3.81. The van der Waals surface area contributed by atoms with E-state index < -0.39 is 47.5 Å². The van der Waals surface area contributed by atoms with E-state index in [-0.39, 0.29) is 23.4 Å². The molecule has 6 nitrogen and oxygen atoms in total. The fourth-order valence-corrected chi connectivity index (χ4v) is 2.54. The van der Waals surface area contributed by atoms with Gasteiger partial charge < -0.3 is 14.0 Å². The molecular formula is C18H12F6N2O4. The molecule has 3 rings (SSSR count). The molecule has 2 aromatic heterocycles. The molecule has 0 amide bonds. The van der Waals surface area contributed by atoms with Crippen LogP contribution in [0.5, 0.6) is 5.75 Å². The smallest absolute Gasteiger partial charge is 0.433 e. The Morgan fingerprint density at radius 2 is 1.83 bits per heavy atom. The van der Waals surface area contributed by atoms with Crippen LogP contribution in [0.15, 0.2) is 34.9 Å². The van der Waals surface area contributed by atoms with Gasteiger partial charge in [-0.1, -0.05) is 11.2 Å². The van der Waals surface area contributed by atoms with Crippen LogP contribution in [-0.4, -0.2) is 22.7 Å². The average Bonchev–Trinajstić information content (AvgIpc) is 3.13. The van der Waals surface area contributed by atoms with Crippen molar-refractivity contribution in [2.75, 3.05) is 6.61 Å². The zero-order chi connectivity index (χ0) is 22.1. The number of hydrogen-bond acceptors (Lipinski definition) is 6. The first-order valence-corrected chi connectivity index (χ1v) is 8.34. The van der Waals surface area contributed by atoms with E-state index in [1.165, 1.54) is 0 Å². The summed E-state index contributed by atoms with van der Waals surface area (Å²) in [5.74, 6) is -1.33. The van der Waals surface area contributed by atoms with E-state index in [2.05, 4.69) is 10.1 Å². The lowest BCUT2D eigenvalue weighted by Crippen LogP contribution is -2.12. The number of para-hydroxylation sites is 1. The number of nitrogens with zero attached hydrogens (tertiary/aromatic N) is 2. The maximum Gasteiger partial charge on any atom is 0.433 e. The quantitative estimate of drug-likeness (QED) is 0.415. The van der Waals surface area contributed by atoms with Gasteiger partial charge in [0, 0.05) is 17.5 Å².